The summed E-state index contributed by atoms with van der Waals surface area (Å²) in [5.41, 5.74) is 2.06. The van der Waals surface area contributed by atoms with Crippen LogP contribution in [0, 0.1) is 19.3 Å². The highest BCUT2D eigenvalue weighted by molar-refractivity contribution is 7.91. The van der Waals surface area contributed by atoms with E-state index in [-0.39, 0.29) is 32.6 Å². The topological polar surface area (TPSA) is 133 Å². The Morgan fingerprint density at radius 1 is 1.18 bits per heavy atom. The number of amides is 1. The molecule has 6 rings (SSSR count). The molecule has 2 aromatic carbocycles. The van der Waals surface area contributed by atoms with Gasteiger partial charge in [-0.1, -0.05) is 17.7 Å². The standard InChI is InChI=1S/C28H31ClN6O4S/c1-16-8-17(2)10-20(9-16)40(38,39)25-21-11-18(29)4-5-22(21)31-24(25)26(36)30-19-12-28(13-19)6-7-35(15-28)14-23-32-33-27(37)34(23)3/h4-5,8-11,19,31H,6-7,12-15H2,1-3H3,(H,30,36)(H,33,37). The molecule has 0 radical (unpaired) electrons. The predicted molar refractivity (Wildman–Crippen MR) is 151 cm³/mol. The Hall–Kier alpha value is -3.41. The SMILES string of the molecule is Cc1cc(C)cc(S(=O)(=O)c2c(C(=O)NC3CC4(CCN(Cc5n[nH]c(=O)n5C)C4)C3)[nH]c3ccc(Cl)cc23)c1. The van der Waals surface area contributed by atoms with Gasteiger partial charge in [0, 0.05) is 35.6 Å². The maximum Gasteiger partial charge on any atom is 0.343 e. The number of benzene rings is 2. The van der Waals surface area contributed by atoms with Crippen LogP contribution in [0.1, 0.15) is 46.7 Å². The lowest BCUT2D eigenvalue weighted by atomic mass is 9.65. The summed E-state index contributed by atoms with van der Waals surface area (Å²) in [7, 11) is -2.33. The minimum Gasteiger partial charge on any atom is -0.349 e. The predicted octanol–water partition coefficient (Wildman–Crippen LogP) is 3.48. The Labute approximate surface area is 236 Å². The Morgan fingerprint density at radius 2 is 1.90 bits per heavy atom. The molecule has 2 aliphatic rings. The number of carbonyl (C=O) groups excluding carboxylic acids is 1. The molecule has 210 valence electrons. The Kier molecular flexibility index (Phi) is 6.43. The van der Waals surface area contributed by atoms with Gasteiger partial charge >= 0.3 is 5.69 Å². The second-order valence-electron chi connectivity index (χ2n) is 11.4. The van der Waals surface area contributed by atoms with Gasteiger partial charge in [-0.15, -0.1) is 0 Å². The molecule has 2 aromatic heterocycles. The maximum absolute atomic E-state index is 14.0. The van der Waals surface area contributed by atoms with E-state index >= 15 is 0 Å². The molecule has 0 unspecified atom stereocenters. The zero-order valence-corrected chi connectivity index (χ0v) is 24.1. The lowest BCUT2D eigenvalue weighted by Gasteiger charge is -2.45. The molecule has 1 aliphatic carbocycles. The minimum absolute atomic E-state index is 0.0184. The number of carbonyl (C=O) groups is 1. The van der Waals surface area contributed by atoms with Gasteiger partial charge in [-0.05, 0) is 86.5 Å². The number of sulfone groups is 1. The highest BCUT2D eigenvalue weighted by atomic mass is 35.5. The molecule has 0 bridgehead atoms. The molecule has 10 nitrogen and oxygen atoms in total. The lowest BCUT2D eigenvalue weighted by molar-refractivity contribution is 0.0686. The molecule has 0 atom stereocenters. The van der Waals surface area contributed by atoms with E-state index in [1.165, 1.54) is 4.57 Å². The van der Waals surface area contributed by atoms with E-state index in [0.717, 1.165) is 43.5 Å². The van der Waals surface area contributed by atoms with Crippen molar-refractivity contribution in [3.05, 3.63) is 74.6 Å². The highest BCUT2D eigenvalue weighted by Gasteiger charge is 2.49. The van der Waals surface area contributed by atoms with Gasteiger partial charge in [0.25, 0.3) is 5.91 Å². The van der Waals surface area contributed by atoms with Crippen LogP contribution in [0.25, 0.3) is 10.9 Å². The van der Waals surface area contributed by atoms with Gasteiger partial charge in [0.05, 0.1) is 11.4 Å². The number of rotatable bonds is 6. The van der Waals surface area contributed by atoms with Crippen LogP contribution < -0.4 is 11.0 Å². The van der Waals surface area contributed by atoms with Crippen molar-refractivity contribution in [2.24, 2.45) is 12.5 Å². The quantitative estimate of drug-likeness (QED) is 0.319. The third kappa shape index (κ3) is 4.65. The van der Waals surface area contributed by atoms with Crippen LogP contribution in [0.5, 0.6) is 0 Å². The third-order valence-corrected chi connectivity index (χ3v) is 10.3. The van der Waals surface area contributed by atoms with Crippen LogP contribution in [-0.2, 0) is 23.4 Å². The van der Waals surface area contributed by atoms with Gasteiger partial charge in [-0.2, -0.15) is 5.10 Å². The van der Waals surface area contributed by atoms with Crippen LogP contribution in [0.15, 0.2) is 51.0 Å². The molecule has 3 N–H and O–H groups in total. The number of aromatic nitrogens is 4. The number of halogens is 1. The first-order valence-corrected chi connectivity index (χ1v) is 15.1. The molecule has 40 heavy (non-hydrogen) atoms. The number of fused-ring (bicyclic) bond motifs is 1. The average molecular weight is 583 g/mol. The van der Waals surface area contributed by atoms with Crippen LogP contribution in [0.3, 0.4) is 0 Å². The fraction of sp³-hybridized carbons (Fsp3) is 0.393. The van der Waals surface area contributed by atoms with E-state index in [4.69, 9.17) is 11.6 Å². The summed E-state index contributed by atoms with van der Waals surface area (Å²) in [6, 6.07) is 10.0. The van der Waals surface area contributed by atoms with Crippen molar-refractivity contribution in [1.82, 2.24) is 30.0 Å². The van der Waals surface area contributed by atoms with Crippen LogP contribution in [0.4, 0.5) is 0 Å². The fourth-order valence-corrected chi connectivity index (χ4v) is 8.31. The van der Waals surface area contributed by atoms with E-state index in [9.17, 15) is 18.0 Å². The second kappa shape index (κ2) is 9.60. The summed E-state index contributed by atoms with van der Waals surface area (Å²) < 4.78 is 29.4. The number of aromatic amines is 2. The van der Waals surface area contributed by atoms with Crippen LogP contribution in [-0.4, -0.2) is 58.1 Å². The monoisotopic (exact) mass is 582 g/mol. The number of hydrogen-bond acceptors (Lipinski definition) is 6. The minimum atomic E-state index is -4.04. The number of likely N-dealkylation sites (tertiary alicyclic amines) is 1. The number of nitrogens with zero attached hydrogens (tertiary/aromatic N) is 3. The van der Waals surface area contributed by atoms with Crippen LogP contribution >= 0.6 is 11.6 Å². The van der Waals surface area contributed by atoms with Crippen molar-refractivity contribution in [1.29, 1.82) is 0 Å². The number of H-pyrrole nitrogens is 2. The summed E-state index contributed by atoms with van der Waals surface area (Å²) in [5, 5.41) is 10.4. The first-order chi connectivity index (χ1) is 18.9. The normalized spacial score (nSPS) is 21.2. The van der Waals surface area contributed by atoms with E-state index in [0.29, 0.717) is 28.3 Å². The van der Waals surface area contributed by atoms with Crippen molar-refractivity contribution < 1.29 is 13.2 Å². The van der Waals surface area contributed by atoms with E-state index in [2.05, 4.69) is 25.4 Å². The molecule has 4 aromatic rings. The first-order valence-electron chi connectivity index (χ1n) is 13.2. The highest BCUT2D eigenvalue weighted by Crippen LogP contribution is 2.48. The Bertz CT molecular complexity index is 1800. The van der Waals surface area contributed by atoms with Crippen molar-refractivity contribution in [2.45, 2.75) is 55.5 Å². The second-order valence-corrected chi connectivity index (χ2v) is 13.7. The van der Waals surface area contributed by atoms with Gasteiger partial charge in [-0.25, -0.2) is 18.3 Å². The molecular weight excluding hydrogens is 552 g/mol. The zero-order valence-electron chi connectivity index (χ0n) is 22.5. The molecule has 1 saturated carbocycles. The smallest absolute Gasteiger partial charge is 0.343 e. The first kappa shape index (κ1) is 26.8. The van der Waals surface area contributed by atoms with Gasteiger partial charge in [0.15, 0.2) is 0 Å². The van der Waals surface area contributed by atoms with Crippen LogP contribution in [0.2, 0.25) is 5.02 Å². The third-order valence-electron chi connectivity index (χ3n) is 8.26. The van der Waals surface area contributed by atoms with E-state index < -0.39 is 15.7 Å². The summed E-state index contributed by atoms with van der Waals surface area (Å²) in [6.45, 7) is 6.03. The molecule has 2 fully saturated rings. The molecular formula is C28H31ClN6O4S. The molecule has 3 heterocycles. The molecule has 1 saturated heterocycles. The Morgan fingerprint density at radius 3 is 2.58 bits per heavy atom. The summed E-state index contributed by atoms with van der Waals surface area (Å²) in [5.74, 6) is 0.249. The number of aryl methyl sites for hydroxylation is 2. The lowest BCUT2D eigenvalue weighted by Crippen LogP contribution is -2.52. The molecule has 1 aliphatic heterocycles. The van der Waals surface area contributed by atoms with Gasteiger partial charge in [-0.3, -0.25) is 14.3 Å². The molecule has 1 spiro atoms. The maximum atomic E-state index is 14.0. The van der Waals surface area contributed by atoms with Crippen molar-refractivity contribution >= 4 is 38.2 Å². The van der Waals surface area contributed by atoms with Gasteiger partial charge < -0.3 is 10.3 Å². The summed E-state index contributed by atoms with van der Waals surface area (Å²) in [4.78, 5) is 30.7. The fourth-order valence-electron chi connectivity index (χ4n) is 6.35. The number of nitrogens with one attached hydrogen (secondary N) is 3. The molecule has 1 amide bonds. The van der Waals surface area contributed by atoms with Crippen molar-refractivity contribution in [2.75, 3.05) is 13.1 Å². The van der Waals surface area contributed by atoms with Crippen molar-refractivity contribution in [3.8, 4) is 0 Å². The van der Waals surface area contributed by atoms with Gasteiger partial charge in [0.2, 0.25) is 9.84 Å². The average Bonchev–Trinajstić information content (AvgIpc) is 3.55. The molecule has 12 heteroatoms. The van der Waals surface area contributed by atoms with E-state index in [1.807, 2.05) is 19.9 Å². The summed E-state index contributed by atoms with van der Waals surface area (Å²) in [6.07, 6.45) is 2.61. The van der Waals surface area contributed by atoms with Gasteiger partial charge in [0.1, 0.15) is 16.4 Å². The summed E-state index contributed by atoms with van der Waals surface area (Å²) >= 11 is 6.25. The zero-order chi connectivity index (χ0) is 28.4. The van der Waals surface area contributed by atoms with E-state index in [1.54, 1.807) is 37.4 Å². The largest absolute Gasteiger partial charge is 0.349 e. The Balaban J connectivity index is 1.22. The van der Waals surface area contributed by atoms with Crippen molar-refractivity contribution in [3.63, 3.8) is 0 Å². The number of hydrogen-bond donors (Lipinski definition) is 3.